The number of ketones is 1. The van der Waals surface area contributed by atoms with Crippen LogP contribution in [0.15, 0.2) is 60.7 Å². The van der Waals surface area contributed by atoms with Crippen LogP contribution in [0.5, 0.6) is 11.5 Å². The first-order valence-corrected chi connectivity index (χ1v) is 11.5. The summed E-state index contributed by atoms with van der Waals surface area (Å²) in [6.07, 6.45) is 0. The Balaban J connectivity index is 1.50. The molecule has 0 saturated carbocycles. The van der Waals surface area contributed by atoms with Crippen LogP contribution in [-0.4, -0.2) is 30.2 Å². The topological polar surface area (TPSA) is 90.0 Å². The Labute approximate surface area is 209 Å². The van der Waals surface area contributed by atoms with Crippen molar-refractivity contribution in [2.45, 2.75) is 34.6 Å². The van der Waals surface area contributed by atoms with E-state index < -0.39 is 23.2 Å². The van der Waals surface area contributed by atoms with Gasteiger partial charge in [-0.3, -0.25) is 14.4 Å². The number of imide groups is 1. The van der Waals surface area contributed by atoms with E-state index in [9.17, 15) is 19.2 Å². The van der Waals surface area contributed by atoms with Gasteiger partial charge in [-0.05, 0) is 73.5 Å². The molecule has 0 aliphatic carbocycles. The molecule has 3 aromatic carbocycles. The summed E-state index contributed by atoms with van der Waals surface area (Å²) < 4.78 is 11.1. The zero-order valence-electron chi connectivity index (χ0n) is 20.9. The SMILES string of the molecule is Cc1ccc(C)c(Oc2ccc(N3C(=O)c4ccc(C(=O)OCC(=O)C(C)(C)C)cc4C3=O)cc2)c1. The highest BCUT2D eigenvalue weighted by Crippen LogP contribution is 2.32. The van der Waals surface area contributed by atoms with E-state index in [4.69, 9.17) is 9.47 Å². The number of nitrogens with zero attached hydrogens (tertiary/aromatic N) is 1. The second-order valence-corrected chi connectivity index (χ2v) is 9.82. The fourth-order valence-corrected chi connectivity index (χ4v) is 3.64. The van der Waals surface area contributed by atoms with Gasteiger partial charge in [0, 0.05) is 5.41 Å². The number of ether oxygens (including phenoxy) is 2. The third kappa shape index (κ3) is 4.91. The monoisotopic (exact) mass is 485 g/mol. The molecule has 0 bridgehead atoms. The smallest absolute Gasteiger partial charge is 0.338 e. The molecule has 1 aliphatic heterocycles. The Morgan fingerprint density at radius 1 is 0.833 bits per heavy atom. The van der Waals surface area contributed by atoms with Gasteiger partial charge in [-0.1, -0.05) is 32.9 Å². The van der Waals surface area contributed by atoms with E-state index in [2.05, 4.69) is 0 Å². The number of esters is 1. The van der Waals surface area contributed by atoms with Crippen molar-refractivity contribution in [2.24, 2.45) is 5.41 Å². The van der Waals surface area contributed by atoms with E-state index in [0.717, 1.165) is 21.8 Å². The normalized spacial score (nSPS) is 13.0. The molecule has 3 aromatic rings. The molecule has 184 valence electrons. The fraction of sp³-hybridized carbons (Fsp3) is 0.241. The second kappa shape index (κ2) is 9.41. The zero-order chi connectivity index (χ0) is 26.2. The van der Waals surface area contributed by atoms with Crippen molar-refractivity contribution >= 4 is 29.3 Å². The first kappa shape index (κ1) is 24.9. The number of fused-ring (bicyclic) bond motifs is 1. The molecular weight excluding hydrogens is 458 g/mol. The van der Waals surface area contributed by atoms with Crippen LogP contribution in [0.4, 0.5) is 5.69 Å². The second-order valence-electron chi connectivity index (χ2n) is 9.82. The van der Waals surface area contributed by atoms with Crippen LogP contribution in [0, 0.1) is 19.3 Å². The largest absolute Gasteiger partial charge is 0.457 e. The Morgan fingerprint density at radius 3 is 2.17 bits per heavy atom. The third-order valence-corrected chi connectivity index (χ3v) is 5.96. The minimum absolute atomic E-state index is 0.0933. The number of hydrogen-bond donors (Lipinski definition) is 0. The van der Waals surface area contributed by atoms with Crippen molar-refractivity contribution in [1.29, 1.82) is 0 Å². The molecule has 1 heterocycles. The molecule has 7 nitrogen and oxygen atoms in total. The summed E-state index contributed by atoms with van der Waals surface area (Å²) in [4.78, 5) is 51.6. The van der Waals surface area contributed by atoms with Crippen LogP contribution in [0.2, 0.25) is 0 Å². The van der Waals surface area contributed by atoms with Crippen LogP contribution < -0.4 is 9.64 Å². The maximum absolute atomic E-state index is 13.1. The van der Waals surface area contributed by atoms with E-state index in [1.54, 1.807) is 45.0 Å². The molecule has 7 heteroatoms. The van der Waals surface area contributed by atoms with Gasteiger partial charge >= 0.3 is 5.97 Å². The standard InChI is InChI=1S/C29H27NO6/c1-17-6-7-18(2)24(14-17)36-21-11-9-20(10-12-21)30-26(32)22-13-8-19(15-23(22)27(30)33)28(34)35-16-25(31)29(3,4)5/h6-15H,16H2,1-5H3. The molecule has 0 unspecified atom stereocenters. The minimum Gasteiger partial charge on any atom is -0.457 e. The summed E-state index contributed by atoms with van der Waals surface area (Å²) in [6, 6.07) is 16.7. The molecule has 0 saturated heterocycles. The van der Waals surface area contributed by atoms with Gasteiger partial charge in [-0.2, -0.15) is 0 Å². The Bertz CT molecular complexity index is 1380. The molecule has 0 aromatic heterocycles. The summed E-state index contributed by atoms with van der Waals surface area (Å²) in [7, 11) is 0. The van der Waals surface area contributed by atoms with Crippen LogP contribution >= 0.6 is 0 Å². The first-order chi connectivity index (χ1) is 17.0. The average molecular weight is 486 g/mol. The van der Waals surface area contributed by atoms with Crippen LogP contribution in [-0.2, 0) is 9.53 Å². The number of anilines is 1. The van der Waals surface area contributed by atoms with Crippen molar-refractivity contribution in [3.63, 3.8) is 0 Å². The van der Waals surface area contributed by atoms with Gasteiger partial charge < -0.3 is 9.47 Å². The van der Waals surface area contributed by atoms with Crippen molar-refractivity contribution < 1.29 is 28.7 Å². The Morgan fingerprint density at radius 2 is 1.50 bits per heavy atom. The summed E-state index contributed by atoms with van der Waals surface area (Å²) in [6.45, 7) is 8.77. The lowest BCUT2D eigenvalue weighted by atomic mass is 9.91. The van der Waals surface area contributed by atoms with Crippen molar-refractivity contribution in [3.8, 4) is 11.5 Å². The van der Waals surface area contributed by atoms with Crippen LogP contribution in [0.3, 0.4) is 0 Å². The zero-order valence-corrected chi connectivity index (χ0v) is 20.9. The number of amides is 2. The molecule has 36 heavy (non-hydrogen) atoms. The molecule has 0 N–H and O–H groups in total. The minimum atomic E-state index is -0.734. The predicted octanol–water partition coefficient (Wildman–Crippen LogP) is 5.67. The molecule has 4 rings (SSSR count). The molecule has 1 aliphatic rings. The summed E-state index contributed by atoms with van der Waals surface area (Å²) in [5, 5.41) is 0. The lowest BCUT2D eigenvalue weighted by molar-refractivity contribution is -0.129. The molecule has 0 atom stereocenters. The number of aryl methyl sites for hydroxylation is 2. The maximum Gasteiger partial charge on any atom is 0.338 e. The van der Waals surface area contributed by atoms with E-state index in [-0.39, 0.29) is 29.1 Å². The first-order valence-electron chi connectivity index (χ1n) is 11.5. The number of Topliss-reactive ketones (excluding diaryl/α,β-unsaturated/α-hetero) is 1. The van der Waals surface area contributed by atoms with Gasteiger partial charge in [0.15, 0.2) is 12.4 Å². The summed E-state index contributed by atoms with van der Waals surface area (Å²) in [5.41, 5.74) is 2.19. The van der Waals surface area contributed by atoms with Gasteiger partial charge in [0.25, 0.3) is 11.8 Å². The fourth-order valence-electron chi connectivity index (χ4n) is 3.64. The quantitative estimate of drug-likeness (QED) is 0.330. The highest BCUT2D eigenvalue weighted by molar-refractivity contribution is 6.34. The van der Waals surface area contributed by atoms with Gasteiger partial charge in [-0.15, -0.1) is 0 Å². The Hall–Kier alpha value is -4.26. The molecule has 0 spiro atoms. The number of hydrogen-bond acceptors (Lipinski definition) is 6. The van der Waals surface area contributed by atoms with E-state index in [1.807, 2.05) is 32.0 Å². The van der Waals surface area contributed by atoms with E-state index >= 15 is 0 Å². The average Bonchev–Trinajstić information content (AvgIpc) is 3.09. The number of benzene rings is 3. The van der Waals surface area contributed by atoms with Crippen molar-refractivity contribution in [1.82, 2.24) is 0 Å². The molecule has 2 amide bonds. The molecule has 0 radical (unpaired) electrons. The maximum atomic E-state index is 13.1. The van der Waals surface area contributed by atoms with Gasteiger partial charge in [0.1, 0.15) is 11.5 Å². The summed E-state index contributed by atoms with van der Waals surface area (Å²) >= 11 is 0. The third-order valence-electron chi connectivity index (χ3n) is 5.96. The van der Waals surface area contributed by atoms with Crippen molar-refractivity contribution in [2.75, 3.05) is 11.5 Å². The lowest BCUT2D eigenvalue weighted by Crippen LogP contribution is -2.29. The van der Waals surface area contributed by atoms with Crippen LogP contribution in [0.25, 0.3) is 0 Å². The predicted molar refractivity (Wildman–Crippen MR) is 135 cm³/mol. The van der Waals surface area contributed by atoms with Gasteiger partial charge in [0.05, 0.1) is 22.4 Å². The van der Waals surface area contributed by atoms with Crippen molar-refractivity contribution in [3.05, 3.63) is 88.5 Å². The van der Waals surface area contributed by atoms with E-state index in [0.29, 0.717) is 11.4 Å². The summed E-state index contributed by atoms with van der Waals surface area (Å²) in [5.74, 6) is -0.688. The lowest BCUT2D eigenvalue weighted by Gasteiger charge is -2.16. The highest BCUT2D eigenvalue weighted by Gasteiger charge is 2.37. The molecular formula is C29H27NO6. The Kier molecular flexibility index (Phi) is 6.50. The molecule has 0 fully saturated rings. The number of carbonyl (C=O) groups is 4. The van der Waals surface area contributed by atoms with E-state index in [1.165, 1.54) is 18.2 Å². The number of rotatable bonds is 6. The number of carbonyl (C=O) groups excluding carboxylic acids is 4. The van der Waals surface area contributed by atoms with Crippen LogP contribution in [0.1, 0.15) is 63.0 Å². The van der Waals surface area contributed by atoms with Gasteiger partial charge in [0.2, 0.25) is 0 Å². The van der Waals surface area contributed by atoms with Gasteiger partial charge in [-0.25, -0.2) is 9.69 Å². The highest BCUT2D eigenvalue weighted by atomic mass is 16.5.